The van der Waals surface area contributed by atoms with Gasteiger partial charge in [-0.1, -0.05) is 34.6 Å². The number of ketones is 1. The highest BCUT2D eigenvalue weighted by molar-refractivity contribution is 5.85. The van der Waals surface area contributed by atoms with Gasteiger partial charge in [0.05, 0.1) is 0 Å². The fraction of sp³-hybridized carbons (Fsp3) is 0.900. The molecule has 0 radical (unpaired) electrons. The highest BCUT2D eigenvalue weighted by Crippen LogP contribution is 2.24. The molecule has 0 aliphatic rings. The predicted octanol–water partition coefficient (Wildman–Crippen LogP) is 2.27. The SMILES string of the molecule is COC(C(=O)C(C)C)C(C)(C)C. The Labute approximate surface area is 75.3 Å². The maximum absolute atomic E-state index is 11.6. The maximum atomic E-state index is 11.6. The molecular weight excluding hydrogens is 152 g/mol. The lowest BCUT2D eigenvalue weighted by Crippen LogP contribution is -2.38. The van der Waals surface area contributed by atoms with Crippen LogP contribution < -0.4 is 0 Å². The Kier molecular flexibility index (Phi) is 3.91. The van der Waals surface area contributed by atoms with E-state index in [1.54, 1.807) is 7.11 Å². The highest BCUT2D eigenvalue weighted by atomic mass is 16.5. The molecule has 72 valence electrons. The van der Waals surface area contributed by atoms with E-state index in [1.165, 1.54) is 0 Å². The molecule has 0 amide bonds. The minimum absolute atomic E-state index is 0.0502. The Morgan fingerprint density at radius 1 is 1.25 bits per heavy atom. The molecule has 1 atom stereocenters. The Bertz CT molecular complexity index is 154. The van der Waals surface area contributed by atoms with Crippen LogP contribution in [-0.4, -0.2) is 19.0 Å². The smallest absolute Gasteiger partial charge is 0.164 e. The number of carbonyl (C=O) groups is 1. The van der Waals surface area contributed by atoms with Crippen LogP contribution in [0.4, 0.5) is 0 Å². The summed E-state index contributed by atoms with van der Waals surface area (Å²) in [5.74, 6) is 0.235. The van der Waals surface area contributed by atoms with Gasteiger partial charge >= 0.3 is 0 Å². The summed E-state index contributed by atoms with van der Waals surface area (Å²) in [4.78, 5) is 11.6. The van der Waals surface area contributed by atoms with Gasteiger partial charge in [-0.25, -0.2) is 0 Å². The summed E-state index contributed by atoms with van der Waals surface area (Å²) in [5.41, 5.74) is -0.101. The average Bonchev–Trinajstić information content (AvgIpc) is 1.85. The van der Waals surface area contributed by atoms with Crippen molar-refractivity contribution < 1.29 is 9.53 Å². The first kappa shape index (κ1) is 11.6. The summed E-state index contributed by atoms with van der Waals surface area (Å²) in [5, 5.41) is 0. The Morgan fingerprint density at radius 3 is 1.75 bits per heavy atom. The standard InChI is InChI=1S/C10H20O2/c1-7(2)8(11)9(12-6)10(3,4)5/h7,9H,1-6H3. The lowest BCUT2D eigenvalue weighted by Gasteiger charge is -2.29. The van der Waals surface area contributed by atoms with E-state index in [-0.39, 0.29) is 23.2 Å². The molecule has 0 heterocycles. The van der Waals surface area contributed by atoms with Crippen molar-refractivity contribution in [2.75, 3.05) is 7.11 Å². The third kappa shape index (κ3) is 2.94. The normalized spacial score (nSPS) is 14.9. The van der Waals surface area contributed by atoms with Crippen LogP contribution in [0.3, 0.4) is 0 Å². The van der Waals surface area contributed by atoms with Gasteiger partial charge < -0.3 is 4.74 Å². The molecule has 0 N–H and O–H groups in total. The lowest BCUT2D eigenvalue weighted by molar-refractivity contribution is -0.138. The zero-order valence-corrected chi connectivity index (χ0v) is 8.97. The second-order valence-electron chi connectivity index (χ2n) is 4.54. The number of Topliss-reactive ketones (excluding diaryl/α,β-unsaturated/α-hetero) is 1. The predicted molar refractivity (Wildman–Crippen MR) is 50.1 cm³/mol. The third-order valence-corrected chi connectivity index (χ3v) is 1.85. The van der Waals surface area contributed by atoms with Gasteiger partial charge in [-0.3, -0.25) is 4.79 Å². The molecule has 0 rings (SSSR count). The van der Waals surface area contributed by atoms with Gasteiger partial charge in [0.15, 0.2) is 5.78 Å². The van der Waals surface area contributed by atoms with Crippen molar-refractivity contribution in [1.29, 1.82) is 0 Å². The molecule has 0 aliphatic carbocycles. The molecule has 2 heteroatoms. The van der Waals surface area contributed by atoms with Gasteiger partial charge in [0, 0.05) is 13.0 Å². The van der Waals surface area contributed by atoms with Crippen molar-refractivity contribution in [3.8, 4) is 0 Å². The van der Waals surface area contributed by atoms with Crippen molar-refractivity contribution in [3.05, 3.63) is 0 Å². The van der Waals surface area contributed by atoms with Crippen LogP contribution in [0.5, 0.6) is 0 Å². The van der Waals surface area contributed by atoms with Gasteiger partial charge in [0.1, 0.15) is 6.10 Å². The minimum Gasteiger partial charge on any atom is -0.373 e. The molecule has 0 bridgehead atoms. The van der Waals surface area contributed by atoms with Crippen LogP contribution in [-0.2, 0) is 9.53 Å². The van der Waals surface area contributed by atoms with Crippen LogP contribution in [0, 0.1) is 11.3 Å². The van der Waals surface area contributed by atoms with Crippen LogP contribution in [0.1, 0.15) is 34.6 Å². The van der Waals surface area contributed by atoms with E-state index in [0.717, 1.165) is 0 Å². The molecular formula is C10H20O2. The summed E-state index contributed by atoms with van der Waals surface area (Å²) in [6, 6.07) is 0. The quantitative estimate of drug-likeness (QED) is 0.652. The number of methoxy groups -OCH3 is 1. The first-order valence-corrected chi connectivity index (χ1v) is 4.37. The molecule has 12 heavy (non-hydrogen) atoms. The largest absolute Gasteiger partial charge is 0.373 e. The molecule has 0 saturated carbocycles. The van der Waals surface area contributed by atoms with Crippen molar-refractivity contribution in [2.45, 2.75) is 40.7 Å². The lowest BCUT2D eigenvalue weighted by atomic mass is 9.83. The summed E-state index contributed by atoms with van der Waals surface area (Å²) in [7, 11) is 1.59. The zero-order chi connectivity index (χ0) is 9.94. The van der Waals surface area contributed by atoms with Crippen LogP contribution in [0.2, 0.25) is 0 Å². The van der Waals surface area contributed by atoms with Gasteiger partial charge in [-0.2, -0.15) is 0 Å². The van der Waals surface area contributed by atoms with E-state index in [9.17, 15) is 4.79 Å². The van der Waals surface area contributed by atoms with Crippen molar-refractivity contribution in [3.63, 3.8) is 0 Å². The number of hydrogen-bond acceptors (Lipinski definition) is 2. The molecule has 2 nitrogen and oxygen atoms in total. The zero-order valence-electron chi connectivity index (χ0n) is 8.97. The minimum atomic E-state index is -0.280. The first-order chi connectivity index (χ1) is 5.30. The van der Waals surface area contributed by atoms with E-state index < -0.39 is 0 Å². The van der Waals surface area contributed by atoms with Crippen LogP contribution in [0.15, 0.2) is 0 Å². The highest BCUT2D eigenvalue weighted by Gasteiger charge is 2.32. The molecule has 1 unspecified atom stereocenters. The van der Waals surface area contributed by atoms with E-state index in [0.29, 0.717) is 0 Å². The summed E-state index contributed by atoms with van der Waals surface area (Å²) in [6.07, 6.45) is -0.280. The molecule has 0 spiro atoms. The molecule has 0 fully saturated rings. The summed E-state index contributed by atoms with van der Waals surface area (Å²) < 4.78 is 5.19. The second kappa shape index (κ2) is 4.04. The fourth-order valence-corrected chi connectivity index (χ4v) is 1.20. The first-order valence-electron chi connectivity index (χ1n) is 4.37. The van der Waals surface area contributed by atoms with E-state index in [1.807, 2.05) is 34.6 Å². The molecule has 0 aromatic rings. The van der Waals surface area contributed by atoms with Gasteiger partial charge in [0.2, 0.25) is 0 Å². The van der Waals surface area contributed by atoms with E-state index in [4.69, 9.17) is 4.74 Å². The van der Waals surface area contributed by atoms with E-state index >= 15 is 0 Å². The van der Waals surface area contributed by atoms with Gasteiger partial charge in [0.25, 0.3) is 0 Å². The fourth-order valence-electron chi connectivity index (χ4n) is 1.20. The molecule has 0 aromatic heterocycles. The molecule has 0 aliphatic heterocycles. The number of rotatable bonds is 3. The number of carbonyl (C=O) groups excluding carboxylic acids is 1. The van der Waals surface area contributed by atoms with Gasteiger partial charge in [-0.05, 0) is 5.41 Å². The van der Waals surface area contributed by atoms with Crippen molar-refractivity contribution in [2.24, 2.45) is 11.3 Å². The average molecular weight is 172 g/mol. The van der Waals surface area contributed by atoms with Crippen molar-refractivity contribution in [1.82, 2.24) is 0 Å². The van der Waals surface area contributed by atoms with Crippen LogP contribution >= 0.6 is 0 Å². The van der Waals surface area contributed by atoms with Crippen LogP contribution in [0.25, 0.3) is 0 Å². The summed E-state index contributed by atoms with van der Waals surface area (Å²) >= 11 is 0. The number of ether oxygens (including phenoxy) is 1. The monoisotopic (exact) mass is 172 g/mol. The third-order valence-electron chi connectivity index (χ3n) is 1.85. The van der Waals surface area contributed by atoms with E-state index in [2.05, 4.69) is 0 Å². The Morgan fingerprint density at radius 2 is 1.67 bits per heavy atom. The second-order valence-corrected chi connectivity index (χ2v) is 4.54. The molecule has 0 saturated heterocycles. The van der Waals surface area contributed by atoms with Gasteiger partial charge in [-0.15, -0.1) is 0 Å². The molecule has 0 aromatic carbocycles. The number of hydrogen-bond donors (Lipinski definition) is 0. The Balaban J connectivity index is 4.47. The van der Waals surface area contributed by atoms with Crippen molar-refractivity contribution >= 4 is 5.78 Å². The topological polar surface area (TPSA) is 26.3 Å². The Hall–Kier alpha value is -0.370. The summed E-state index contributed by atoms with van der Waals surface area (Å²) in [6.45, 7) is 9.85. The maximum Gasteiger partial charge on any atom is 0.164 e.